The first-order valence-electron chi connectivity index (χ1n) is 4.54. The van der Waals surface area contributed by atoms with E-state index in [2.05, 4.69) is 10.6 Å². The Kier molecular flexibility index (Phi) is 5.66. The summed E-state index contributed by atoms with van der Waals surface area (Å²) < 4.78 is 5.16. The van der Waals surface area contributed by atoms with E-state index < -0.39 is 0 Å². The number of amides is 1. The van der Waals surface area contributed by atoms with Crippen LogP contribution in [0.15, 0.2) is 0 Å². The molecular weight excluding hydrogens is 168 g/mol. The van der Waals surface area contributed by atoms with Crippen molar-refractivity contribution in [3.05, 3.63) is 0 Å². The van der Waals surface area contributed by atoms with Crippen molar-refractivity contribution >= 4 is 5.91 Å². The highest BCUT2D eigenvalue weighted by Gasteiger charge is 2.16. The maximum absolute atomic E-state index is 11.1. The van der Waals surface area contributed by atoms with Gasteiger partial charge in [0, 0.05) is 13.7 Å². The first-order valence-corrected chi connectivity index (χ1v) is 4.54. The molecule has 0 heterocycles. The van der Waals surface area contributed by atoms with Gasteiger partial charge < -0.3 is 15.4 Å². The number of carbonyl (C=O) groups is 1. The van der Waals surface area contributed by atoms with Gasteiger partial charge in [0.2, 0.25) is 5.91 Å². The molecule has 4 heteroatoms. The lowest BCUT2D eigenvalue weighted by Crippen LogP contribution is -2.43. The Bertz CT molecular complexity index is 158. The number of carbonyl (C=O) groups excluding carboxylic acids is 1. The molecule has 0 rings (SSSR count). The average Bonchev–Trinajstić information content (AvgIpc) is 2.11. The normalized spacial score (nSPS) is 11.4. The fraction of sp³-hybridized carbons (Fsp3) is 0.889. The van der Waals surface area contributed by atoms with Crippen LogP contribution in [0.25, 0.3) is 0 Å². The zero-order valence-electron chi connectivity index (χ0n) is 8.94. The Balaban J connectivity index is 3.57. The number of hydrogen-bond donors (Lipinski definition) is 2. The molecule has 0 atom stereocenters. The molecule has 0 aliphatic carbocycles. The summed E-state index contributed by atoms with van der Waals surface area (Å²) in [7, 11) is 1.64. The van der Waals surface area contributed by atoms with Gasteiger partial charge in [-0.25, -0.2) is 0 Å². The van der Waals surface area contributed by atoms with Gasteiger partial charge in [0.15, 0.2) is 0 Å². The van der Waals surface area contributed by atoms with Gasteiger partial charge in [-0.1, -0.05) is 6.92 Å². The van der Waals surface area contributed by atoms with Crippen LogP contribution >= 0.6 is 0 Å². The van der Waals surface area contributed by atoms with Crippen molar-refractivity contribution in [3.8, 4) is 0 Å². The minimum absolute atomic E-state index is 0.00646. The highest BCUT2D eigenvalue weighted by Crippen LogP contribution is 2.03. The lowest BCUT2D eigenvalue weighted by atomic mass is 10.1. The third-order valence-electron chi connectivity index (χ3n) is 1.80. The molecule has 0 aliphatic rings. The van der Waals surface area contributed by atoms with Crippen LogP contribution in [0.4, 0.5) is 0 Å². The maximum Gasteiger partial charge on any atom is 0.234 e. The van der Waals surface area contributed by atoms with Crippen LogP contribution in [0.3, 0.4) is 0 Å². The number of nitrogens with one attached hydrogen (secondary N) is 2. The van der Waals surface area contributed by atoms with E-state index in [4.69, 9.17) is 4.74 Å². The molecule has 0 spiro atoms. The number of likely N-dealkylation sites (N-methyl/N-ethyl adjacent to an activating group) is 1. The minimum Gasteiger partial charge on any atom is -0.377 e. The molecule has 2 N–H and O–H groups in total. The van der Waals surface area contributed by atoms with Crippen LogP contribution in [-0.4, -0.2) is 38.3 Å². The fourth-order valence-corrected chi connectivity index (χ4v) is 0.685. The number of ether oxygens (including phenoxy) is 1. The van der Waals surface area contributed by atoms with E-state index in [0.717, 1.165) is 6.54 Å². The molecule has 4 nitrogen and oxygen atoms in total. The summed E-state index contributed by atoms with van der Waals surface area (Å²) in [6.45, 7) is 7.54. The van der Waals surface area contributed by atoms with E-state index in [-0.39, 0.29) is 11.5 Å². The Morgan fingerprint density at radius 2 is 2.08 bits per heavy atom. The third-order valence-corrected chi connectivity index (χ3v) is 1.80. The van der Waals surface area contributed by atoms with Crippen LogP contribution < -0.4 is 10.6 Å². The molecule has 0 aromatic rings. The fourth-order valence-electron chi connectivity index (χ4n) is 0.685. The van der Waals surface area contributed by atoms with Crippen molar-refractivity contribution in [2.24, 2.45) is 0 Å². The van der Waals surface area contributed by atoms with Crippen LogP contribution in [0.1, 0.15) is 20.8 Å². The van der Waals surface area contributed by atoms with E-state index in [9.17, 15) is 4.79 Å². The second-order valence-electron chi connectivity index (χ2n) is 3.52. The van der Waals surface area contributed by atoms with Crippen LogP contribution in [0, 0.1) is 0 Å². The van der Waals surface area contributed by atoms with Gasteiger partial charge in [-0.15, -0.1) is 0 Å². The SMILES string of the molecule is CCNCC(=O)NCC(C)(C)OC. The first kappa shape index (κ1) is 12.4. The maximum atomic E-state index is 11.1. The van der Waals surface area contributed by atoms with Crippen molar-refractivity contribution in [3.63, 3.8) is 0 Å². The van der Waals surface area contributed by atoms with Crippen LogP contribution in [0.5, 0.6) is 0 Å². The molecular formula is C9H20N2O2. The lowest BCUT2D eigenvalue weighted by Gasteiger charge is -2.23. The highest BCUT2D eigenvalue weighted by atomic mass is 16.5. The van der Waals surface area contributed by atoms with Gasteiger partial charge >= 0.3 is 0 Å². The Morgan fingerprint density at radius 1 is 1.46 bits per heavy atom. The Hall–Kier alpha value is -0.610. The molecule has 0 saturated carbocycles. The molecule has 0 unspecified atom stereocenters. The Morgan fingerprint density at radius 3 is 2.54 bits per heavy atom. The first-order chi connectivity index (χ1) is 6.02. The van der Waals surface area contributed by atoms with E-state index in [1.165, 1.54) is 0 Å². The molecule has 0 radical (unpaired) electrons. The average molecular weight is 188 g/mol. The van der Waals surface area contributed by atoms with Crippen LogP contribution in [0.2, 0.25) is 0 Å². The molecule has 0 aromatic heterocycles. The summed E-state index contributed by atoms with van der Waals surface area (Å²) in [4.78, 5) is 11.1. The van der Waals surface area contributed by atoms with Crippen LogP contribution in [-0.2, 0) is 9.53 Å². The highest BCUT2D eigenvalue weighted by molar-refractivity contribution is 5.78. The monoisotopic (exact) mass is 188 g/mol. The summed E-state index contributed by atoms with van der Waals surface area (Å²) >= 11 is 0. The summed E-state index contributed by atoms with van der Waals surface area (Å²) in [5, 5.41) is 5.73. The lowest BCUT2D eigenvalue weighted by molar-refractivity contribution is -0.121. The van der Waals surface area contributed by atoms with Gasteiger partial charge in [-0.05, 0) is 20.4 Å². The molecule has 0 aliphatic heterocycles. The Labute approximate surface area is 80.0 Å². The second-order valence-corrected chi connectivity index (χ2v) is 3.52. The van der Waals surface area contributed by atoms with E-state index in [1.807, 2.05) is 20.8 Å². The molecule has 0 aromatic carbocycles. The number of hydrogen-bond acceptors (Lipinski definition) is 3. The molecule has 0 bridgehead atoms. The quantitative estimate of drug-likeness (QED) is 0.623. The molecule has 1 amide bonds. The summed E-state index contributed by atoms with van der Waals surface area (Å²) in [5.74, 6) is 0.00646. The molecule has 0 fully saturated rings. The van der Waals surface area contributed by atoms with Gasteiger partial charge in [0.25, 0.3) is 0 Å². The smallest absolute Gasteiger partial charge is 0.234 e. The van der Waals surface area contributed by atoms with Gasteiger partial charge in [0.05, 0.1) is 12.1 Å². The molecule has 13 heavy (non-hydrogen) atoms. The predicted molar refractivity (Wildman–Crippen MR) is 52.6 cm³/mol. The zero-order chi connectivity index (χ0) is 10.3. The number of methoxy groups -OCH3 is 1. The summed E-state index contributed by atoms with van der Waals surface area (Å²) in [6, 6.07) is 0. The van der Waals surface area contributed by atoms with E-state index in [1.54, 1.807) is 7.11 Å². The predicted octanol–water partition coefficient (Wildman–Crippen LogP) is 0.137. The van der Waals surface area contributed by atoms with Crippen molar-refractivity contribution in [2.75, 3.05) is 26.7 Å². The minimum atomic E-state index is -0.290. The summed E-state index contributed by atoms with van der Waals surface area (Å²) in [5.41, 5.74) is -0.290. The van der Waals surface area contributed by atoms with Crippen molar-refractivity contribution in [2.45, 2.75) is 26.4 Å². The molecule has 78 valence electrons. The van der Waals surface area contributed by atoms with Crippen molar-refractivity contribution in [1.29, 1.82) is 0 Å². The zero-order valence-corrected chi connectivity index (χ0v) is 8.94. The summed E-state index contributed by atoms with van der Waals surface area (Å²) in [6.07, 6.45) is 0. The largest absolute Gasteiger partial charge is 0.377 e. The standard InChI is InChI=1S/C9H20N2O2/c1-5-10-6-8(12)11-7-9(2,3)13-4/h10H,5-7H2,1-4H3,(H,11,12). The van der Waals surface area contributed by atoms with Gasteiger partial charge in [-0.3, -0.25) is 4.79 Å². The van der Waals surface area contributed by atoms with Gasteiger partial charge in [-0.2, -0.15) is 0 Å². The topological polar surface area (TPSA) is 50.4 Å². The van der Waals surface area contributed by atoms with E-state index in [0.29, 0.717) is 13.1 Å². The van der Waals surface area contributed by atoms with E-state index >= 15 is 0 Å². The van der Waals surface area contributed by atoms with Gasteiger partial charge in [0.1, 0.15) is 0 Å². The third kappa shape index (κ3) is 6.54. The molecule has 0 saturated heterocycles. The number of rotatable bonds is 6. The second kappa shape index (κ2) is 5.94. The van der Waals surface area contributed by atoms with Crippen molar-refractivity contribution in [1.82, 2.24) is 10.6 Å². The van der Waals surface area contributed by atoms with Crippen molar-refractivity contribution < 1.29 is 9.53 Å².